The van der Waals surface area contributed by atoms with Gasteiger partial charge in [0.15, 0.2) is 5.71 Å². The Bertz CT molecular complexity index is 1040. The van der Waals surface area contributed by atoms with Crippen LogP contribution in [0, 0.1) is 10.1 Å². The molecule has 0 bridgehead atoms. The van der Waals surface area contributed by atoms with Crippen LogP contribution < -0.4 is 5.01 Å². The number of anilines is 1. The highest BCUT2D eigenvalue weighted by molar-refractivity contribution is 9.10. The molecule has 3 rings (SSSR count). The Balaban J connectivity index is 2.17. The van der Waals surface area contributed by atoms with E-state index in [1.807, 2.05) is 0 Å². The molecule has 0 radical (unpaired) electrons. The van der Waals surface area contributed by atoms with Crippen molar-refractivity contribution >= 4 is 45.0 Å². The zero-order valence-electron chi connectivity index (χ0n) is 13.6. The van der Waals surface area contributed by atoms with E-state index in [-0.39, 0.29) is 15.7 Å². The SMILES string of the molecule is O=C1/C(=C\c2cc(Br)cc([N+](=O)[O-])c2O)C(C(F)(F)F)=NN1c1ccccc1. The lowest BCUT2D eigenvalue weighted by Gasteiger charge is -2.11. The standard InChI is InChI=1S/C17H9BrF3N3O4/c18-10-6-9(14(25)13(8-10)24(27)28)7-12-15(17(19,20)21)22-23(16(12)26)11-4-2-1-3-5-11/h1-8,25H/b12-7-. The molecule has 7 nitrogen and oxygen atoms in total. The maximum absolute atomic E-state index is 13.4. The second-order valence-corrected chi connectivity index (χ2v) is 6.49. The third kappa shape index (κ3) is 3.60. The number of hydrogen-bond donors (Lipinski definition) is 1. The van der Waals surface area contributed by atoms with E-state index in [1.54, 1.807) is 6.07 Å². The Morgan fingerprint density at radius 3 is 2.43 bits per heavy atom. The predicted molar refractivity (Wildman–Crippen MR) is 97.9 cm³/mol. The summed E-state index contributed by atoms with van der Waals surface area (Å²) in [6.07, 6.45) is -4.23. The molecule has 0 unspecified atom stereocenters. The average molecular weight is 456 g/mol. The van der Waals surface area contributed by atoms with Gasteiger partial charge in [0.05, 0.1) is 16.2 Å². The van der Waals surface area contributed by atoms with Crippen molar-refractivity contribution in [3.8, 4) is 5.75 Å². The minimum Gasteiger partial charge on any atom is -0.502 e. The second-order valence-electron chi connectivity index (χ2n) is 5.58. The van der Waals surface area contributed by atoms with E-state index in [4.69, 9.17) is 0 Å². The highest BCUT2D eigenvalue weighted by Gasteiger charge is 2.47. The van der Waals surface area contributed by atoms with Crippen LogP contribution in [-0.2, 0) is 4.79 Å². The van der Waals surface area contributed by atoms with Crippen LogP contribution in [0.15, 0.2) is 57.6 Å². The summed E-state index contributed by atoms with van der Waals surface area (Å²) in [5.41, 5.74) is -3.27. The van der Waals surface area contributed by atoms with Gasteiger partial charge in [0, 0.05) is 16.1 Å². The smallest absolute Gasteiger partial charge is 0.435 e. The summed E-state index contributed by atoms with van der Waals surface area (Å²) >= 11 is 2.99. The van der Waals surface area contributed by atoms with Crippen molar-refractivity contribution in [2.24, 2.45) is 5.10 Å². The van der Waals surface area contributed by atoms with Crippen molar-refractivity contribution in [3.05, 3.63) is 68.2 Å². The molecule has 0 spiro atoms. The molecule has 28 heavy (non-hydrogen) atoms. The van der Waals surface area contributed by atoms with E-state index in [1.165, 1.54) is 24.3 Å². The number of hydrogen-bond acceptors (Lipinski definition) is 5. The molecule has 1 aliphatic rings. The molecule has 0 aliphatic carbocycles. The number of benzene rings is 2. The number of carbonyl (C=O) groups is 1. The molecule has 11 heteroatoms. The predicted octanol–water partition coefficient (Wildman–Crippen LogP) is 4.41. The maximum Gasteiger partial charge on any atom is 0.435 e. The molecule has 1 heterocycles. The van der Waals surface area contributed by atoms with E-state index < -0.39 is 39.7 Å². The quantitative estimate of drug-likeness (QED) is 0.421. The van der Waals surface area contributed by atoms with Crippen LogP contribution in [0.4, 0.5) is 24.5 Å². The summed E-state index contributed by atoms with van der Waals surface area (Å²) in [4.78, 5) is 22.7. The molecule has 0 aromatic heterocycles. The van der Waals surface area contributed by atoms with Gasteiger partial charge in [-0.15, -0.1) is 0 Å². The van der Waals surface area contributed by atoms with E-state index in [0.717, 1.165) is 18.2 Å². The summed E-state index contributed by atoms with van der Waals surface area (Å²) in [7, 11) is 0. The Morgan fingerprint density at radius 2 is 1.86 bits per heavy atom. The number of hydrazone groups is 1. The summed E-state index contributed by atoms with van der Waals surface area (Å²) in [5.74, 6) is -1.95. The largest absolute Gasteiger partial charge is 0.502 e. The number of aromatic hydroxyl groups is 1. The molecule has 144 valence electrons. The summed E-state index contributed by atoms with van der Waals surface area (Å²) in [6.45, 7) is 0. The number of rotatable bonds is 3. The lowest BCUT2D eigenvalue weighted by Crippen LogP contribution is -2.25. The van der Waals surface area contributed by atoms with Gasteiger partial charge in [-0.3, -0.25) is 14.9 Å². The highest BCUT2D eigenvalue weighted by atomic mass is 79.9. The van der Waals surface area contributed by atoms with Crippen LogP contribution in [-0.4, -0.2) is 27.8 Å². The molecule has 1 aliphatic heterocycles. The normalized spacial score (nSPS) is 15.9. The molecule has 0 atom stereocenters. The van der Waals surface area contributed by atoms with Crippen LogP contribution in [0.3, 0.4) is 0 Å². The first kappa shape index (κ1) is 19.5. The van der Waals surface area contributed by atoms with Gasteiger partial charge >= 0.3 is 11.9 Å². The van der Waals surface area contributed by atoms with E-state index in [0.29, 0.717) is 5.01 Å². The third-order valence-corrected chi connectivity index (χ3v) is 4.19. The highest BCUT2D eigenvalue weighted by Crippen LogP contribution is 2.37. The van der Waals surface area contributed by atoms with Crippen molar-refractivity contribution in [2.45, 2.75) is 6.18 Å². The molecular formula is C17H9BrF3N3O4. The molecule has 2 aromatic rings. The van der Waals surface area contributed by atoms with E-state index in [2.05, 4.69) is 21.0 Å². The Labute approximate surface area is 163 Å². The minimum atomic E-state index is -4.96. The number of para-hydroxylation sites is 1. The number of phenolic OH excluding ortho intramolecular Hbond substituents is 1. The molecular weight excluding hydrogens is 447 g/mol. The van der Waals surface area contributed by atoms with Crippen LogP contribution in [0.5, 0.6) is 5.75 Å². The monoisotopic (exact) mass is 455 g/mol. The van der Waals surface area contributed by atoms with Gasteiger partial charge in [-0.2, -0.15) is 23.3 Å². The van der Waals surface area contributed by atoms with Crippen LogP contribution >= 0.6 is 15.9 Å². The fourth-order valence-electron chi connectivity index (χ4n) is 2.51. The van der Waals surface area contributed by atoms with Crippen molar-refractivity contribution in [2.75, 3.05) is 5.01 Å². The molecule has 0 saturated carbocycles. The number of halogens is 4. The number of phenols is 1. The fourth-order valence-corrected chi connectivity index (χ4v) is 2.97. The molecule has 0 saturated heterocycles. The first-order chi connectivity index (χ1) is 13.1. The number of carbonyl (C=O) groups excluding carboxylic acids is 1. The van der Waals surface area contributed by atoms with Crippen molar-refractivity contribution in [1.82, 2.24) is 0 Å². The first-order valence-corrected chi connectivity index (χ1v) is 8.33. The topological polar surface area (TPSA) is 96.0 Å². The Kier molecular flexibility index (Phi) is 4.94. The molecule has 1 N–H and O–H groups in total. The number of nitro groups is 1. The lowest BCUT2D eigenvalue weighted by atomic mass is 10.0. The van der Waals surface area contributed by atoms with Crippen LogP contribution in [0.2, 0.25) is 0 Å². The van der Waals surface area contributed by atoms with Crippen LogP contribution in [0.25, 0.3) is 6.08 Å². The summed E-state index contributed by atoms with van der Waals surface area (Å²) in [6, 6.07) is 9.62. The average Bonchev–Trinajstić information content (AvgIpc) is 2.95. The maximum atomic E-state index is 13.4. The van der Waals surface area contributed by atoms with E-state index in [9.17, 15) is 33.2 Å². The summed E-state index contributed by atoms with van der Waals surface area (Å²) in [5, 5.41) is 25.0. The van der Waals surface area contributed by atoms with Gasteiger partial charge in [-0.05, 0) is 24.3 Å². The Hall–Kier alpha value is -3.21. The molecule has 2 aromatic carbocycles. The lowest BCUT2D eigenvalue weighted by molar-refractivity contribution is -0.385. The van der Waals surface area contributed by atoms with Gasteiger partial charge in [0.2, 0.25) is 5.75 Å². The summed E-state index contributed by atoms with van der Waals surface area (Å²) < 4.78 is 40.4. The van der Waals surface area contributed by atoms with Gasteiger partial charge in [-0.25, -0.2) is 0 Å². The second kappa shape index (κ2) is 7.08. The molecule has 1 amide bonds. The van der Waals surface area contributed by atoms with Crippen molar-refractivity contribution in [1.29, 1.82) is 0 Å². The van der Waals surface area contributed by atoms with Gasteiger partial charge in [0.1, 0.15) is 0 Å². The zero-order chi connectivity index (χ0) is 20.6. The zero-order valence-corrected chi connectivity index (χ0v) is 15.2. The third-order valence-electron chi connectivity index (χ3n) is 3.73. The number of amides is 1. The van der Waals surface area contributed by atoms with Gasteiger partial charge < -0.3 is 5.11 Å². The Morgan fingerprint density at radius 1 is 1.21 bits per heavy atom. The van der Waals surface area contributed by atoms with Gasteiger partial charge in [0.25, 0.3) is 5.91 Å². The minimum absolute atomic E-state index is 0.113. The van der Waals surface area contributed by atoms with Gasteiger partial charge in [-0.1, -0.05) is 34.1 Å². The van der Waals surface area contributed by atoms with Crippen LogP contribution in [0.1, 0.15) is 5.56 Å². The van der Waals surface area contributed by atoms with Crippen molar-refractivity contribution < 1.29 is 28.0 Å². The number of nitro benzene ring substituents is 1. The first-order valence-electron chi connectivity index (χ1n) is 7.54. The fraction of sp³-hybridized carbons (Fsp3) is 0.0588. The van der Waals surface area contributed by atoms with E-state index >= 15 is 0 Å². The number of nitrogens with zero attached hydrogens (tertiary/aromatic N) is 3. The van der Waals surface area contributed by atoms with Crippen molar-refractivity contribution in [3.63, 3.8) is 0 Å². The molecule has 0 fully saturated rings. The number of alkyl halides is 3.